The van der Waals surface area contributed by atoms with Crippen LogP contribution < -0.4 is 0 Å². The molecule has 0 atom stereocenters. The molecular weight excluding hydrogens is 580 g/mol. The fourth-order valence-corrected chi connectivity index (χ4v) is 0.302. The summed E-state index contributed by atoms with van der Waals surface area (Å²) in [4.78, 5) is 9.52. The van der Waals surface area contributed by atoms with Crippen LogP contribution in [0.2, 0.25) is 0 Å². The topological polar surface area (TPSA) is 55.8 Å². The van der Waals surface area contributed by atoms with Crippen molar-refractivity contribution < 1.29 is 24.3 Å². The number of carboxylic acids is 1. The first-order valence-corrected chi connectivity index (χ1v) is 16.6. The summed E-state index contributed by atoms with van der Waals surface area (Å²) in [6, 6.07) is 0. The second-order valence-corrected chi connectivity index (χ2v) is 37.0. The second kappa shape index (κ2) is 21.4. The maximum atomic E-state index is 9.80. The van der Waals surface area contributed by atoms with Gasteiger partial charge < -0.3 is 14.6 Å². The standard InChI is InChI=1S/C5H10O4.2CH4.3HI.V/c1-8-2-3-9-4-5(6)7;;;;;;/h2-4H2,1H3,(H,6,7);2*1H4;3*1H;/q;;;;;;+3/p-3. The molecule has 0 saturated carbocycles. The predicted molar refractivity (Wildman–Crippen MR) is 85.9 cm³/mol. The van der Waals surface area contributed by atoms with Gasteiger partial charge in [0.15, 0.2) is 0 Å². The first-order chi connectivity index (χ1) is 6.00. The zero-order valence-electron chi connectivity index (χ0n) is 6.87. The van der Waals surface area contributed by atoms with E-state index in [0.29, 0.717) is 13.2 Å². The van der Waals surface area contributed by atoms with Crippen LogP contribution in [0.25, 0.3) is 0 Å². The molecular formula is C7H18I3O4V. The Bertz CT molecular complexity index is 124. The van der Waals surface area contributed by atoms with E-state index in [-0.39, 0.29) is 26.4 Å². The van der Waals surface area contributed by atoms with Crippen molar-refractivity contribution in [2.75, 3.05) is 26.9 Å². The van der Waals surface area contributed by atoms with Crippen molar-refractivity contribution in [3.05, 3.63) is 0 Å². The van der Waals surface area contributed by atoms with E-state index >= 15 is 0 Å². The van der Waals surface area contributed by atoms with Crippen molar-refractivity contribution in [2.24, 2.45) is 0 Å². The summed E-state index contributed by atoms with van der Waals surface area (Å²) in [7, 11) is 1.53. The minimum atomic E-state index is -0.953. The molecule has 0 aliphatic rings. The Morgan fingerprint density at radius 1 is 1.27 bits per heavy atom. The zero-order valence-corrected chi connectivity index (χ0v) is 14.7. The van der Waals surface area contributed by atoms with E-state index in [1.54, 1.807) is 0 Å². The summed E-state index contributed by atoms with van der Waals surface area (Å²) >= 11 is 7.39. The Morgan fingerprint density at radius 2 is 1.67 bits per heavy atom. The summed E-state index contributed by atoms with van der Waals surface area (Å²) in [5.41, 5.74) is 0. The summed E-state index contributed by atoms with van der Waals surface area (Å²) < 4.78 is 9.22. The third kappa shape index (κ3) is 48.7. The van der Waals surface area contributed by atoms with Crippen LogP contribution in [0.15, 0.2) is 0 Å². The first kappa shape index (κ1) is 25.9. The molecule has 0 saturated heterocycles. The van der Waals surface area contributed by atoms with E-state index in [2.05, 4.69) is 69.4 Å². The molecule has 4 nitrogen and oxygen atoms in total. The molecule has 0 rings (SSSR count). The van der Waals surface area contributed by atoms with Crippen LogP contribution in [0.5, 0.6) is 0 Å². The van der Waals surface area contributed by atoms with Gasteiger partial charge >= 0.3 is 70.8 Å². The Hall–Kier alpha value is 2.16. The minimum absolute atomic E-state index is 0. The number of ether oxygens (including phenoxy) is 2. The molecule has 0 bridgehead atoms. The Morgan fingerprint density at radius 3 is 1.93 bits per heavy atom. The number of hydrogen-bond donors (Lipinski definition) is 1. The van der Waals surface area contributed by atoms with Crippen LogP contribution in [0, 0.1) is 0 Å². The molecule has 0 amide bonds. The molecule has 0 spiro atoms. The van der Waals surface area contributed by atoms with Crippen LogP contribution in [-0.4, -0.2) is 38.0 Å². The van der Waals surface area contributed by atoms with E-state index in [9.17, 15) is 4.79 Å². The van der Waals surface area contributed by atoms with Crippen molar-refractivity contribution in [1.29, 1.82) is 0 Å². The summed E-state index contributed by atoms with van der Waals surface area (Å²) in [5.74, 6) is -0.953. The monoisotopic (exact) mass is 598 g/mol. The average molecular weight is 598 g/mol. The van der Waals surface area contributed by atoms with Gasteiger partial charge in [0, 0.05) is 7.11 Å². The van der Waals surface area contributed by atoms with Gasteiger partial charge in [-0.15, -0.1) is 0 Å². The number of carboxylic acid groups (broad SMARTS) is 1. The molecule has 0 radical (unpaired) electrons. The van der Waals surface area contributed by atoms with Gasteiger partial charge in [-0.25, -0.2) is 4.79 Å². The number of aliphatic carboxylic acids is 1. The van der Waals surface area contributed by atoms with Gasteiger partial charge in [0.05, 0.1) is 13.2 Å². The summed E-state index contributed by atoms with van der Waals surface area (Å²) in [5, 5.41) is 8.05. The van der Waals surface area contributed by atoms with Gasteiger partial charge in [-0.1, -0.05) is 14.9 Å². The van der Waals surface area contributed by atoms with Crippen molar-refractivity contribution >= 4 is 65.9 Å². The quantitative estimate of drug-likeness (QED) is 0.388. The molecule has 8 heteroatoms. The fraction of sp³-hybridized carbons (Fsp3) is 0.857. The SMILES string of the molecule is C.C.COCCOCC(=O)O.[I][V]([I])[I]. The summed E-state index contributed by atoms with van der Waals surface area (Å²) in [6.07, 6.45) is 0. The number of carbonyl (C=O) groups is 1. The molecule has 0 heterocycles. The number of hydrogen-bond acceptors (Lipinski definition) is 3. The Kier molecular flexibility index (Phi) is 37.0. The molecule has 96 valence electrons. The maximum absolute atomic E-state index is 9.80. The number of methoxy groups -OCH3 is 1. The van der Waals surface area contributed by atoms with Gasteiger partial charge in [-0.2, -0.15) is 0 Å². The molecule has 1 N–H and O–H groups in total. The number of rotatable bonds is 5. The third-order valence-electron chi connectivity index (χ3n) is 0.657. The van der Waals surface area contributed by atoms with Gasteiger partial charge in [0.25, 0.3) is 0 Å². The second-order valence-electron chi connectivity index (χ2n) is 1.63. The van der Waals surface area contributed by atoms with Crippen molar-refractivity contribution in [2.45, 2.75) is 14.9 Å². The van der Waals surface area contributed by atoms with Crippen LogP contribution in [0.3, 0.4) is 0 Å². The average Bonchev–Trinajstić information content (AvgIpc) is 1.97. The zero-order chi connectivity index (χ0) is 10.7. The van der Waals surface area contributed by atoms with Crippen LogP contribution in [0.1, 0.15) is 14.9 Å². The first-order valence-electron chi connectivity index (χ1n) is 3.06. The van der Waals surface area contributed by atoms with Gasteiger partial charge in [-0.3, -0.25) is 0 Å². The molecule has 0 aromatic carbocycles. The van der Waals surface area contributed by atoms with E-state index < -0.39 is 5.97 Å². The molecule has 0 aromatic rings. The van der Waals surface area contributed by atoms with Crippen molar-refractivity contribution in [3.63, 3.8) is 0 Å². The van der Waals surface area contributed by atoms with E-state index in [1.165, 1.54) is 7.11 Å². The molecule has 0 fully saturated rings. The Balaban J connectivity index is -0.0000000883. The predicted octanol–water partition coefficient (Wildman–Crippen LogP) is 3.66. The Labute approximate surface area is 130 Å². The van der Waals surface area contributed by atoms with E-state index in [1.807, 2.05) is 0 Å². The third-order valence-corrected chi connectivity index (χ3v) is 0.657. The molecule has 0 aliphatic carbocycles. The molecule has 0 aliphatic heterocycles. The van der Waals surface area contributed by atoms with Gasteiger partial charge in [0.1, 0.15) is 6.61 Å². The van der Waals surface area contributed by atoms with Gasteiger partial charge in [0.2, 0.25) is 0 Å². The van der Waals surface area contributed by atoms with Crippen LogP contribution in [-0.2, 0) is 19.2 Å². The fourth-order valence-electron chi connectivity index (χ4n) is 0.302. The van der Waals surface area contributed by atoms with E-state index in [0.717, 1.165) is 0 Å². The normalized spacial score (nSPS) is 8.07. The van der Waals surface area contributed by atoms with Crippen molar-refractivity contribution in [1.82, 2.24) is 0 Å². The molecule has 15 heavy (non-hydrogen) atoms. The molecule has 0 aromatic heterocycles. The number of halogens is 3. The van der Waals surface area contributed by atoms with Gasteiger partial charge in [-0.05, 0) is 0 Å². The van der Waals surface area contributed by atoms with Crippen LogP contribution in [0.4, 0.5) is 0 Å². The van der Waals surface area contributed by atoms with Crippen molar-refractivity contribution in [3.8, 4) is 0 Å². The van der Waals surface area contributed by atoms with E-state index in [4.69, 9.17) is 5.11 Å². The molecule has 0 unspecified atom stereocenters. The van der Waals surface area contributed by atoms with Crippen LogP contribution >= 0.6 is 59.9 Å². The summed E-state index contributed by atoms with van der Waals surface area (Å²) in [6.45, 7) is 0.527.